The third-order valence-electron chi connectivity index (χ3n) is 4.46. The Labute approximate surface area is 176 Å². The number of imide groups is 1. The summed E-state index contributed by atoms with van der Waals surface area (Å²) in [5.74, 6) is 1.69. The topological polar surface area (TPSA) is 74.3 Å². The molecule has 29 heavy (non-hydrogen) atoms. The number of fused-ring (bicyclic) bond motifs is 1. The van der Waals surface area contributed by atoms with Gasteiger partial charge in [0.25, 0.3) is 11.1 Å². The van der Waals surface area contributed by atoms with Gasteiger partial charge in [0.1, 0.15) is 0 Å². The van der Waals surface area contributed by atoms with Crippen LogP contribution in [-0.2, 0) is 11.3 Å². The molecule has 2 aliphatic rings. The van der Waals surface area contributed by atoms with Crippen molar-refractivity contribution >= 4 is 40.6 Å². The van der Waals surface area contributed by atoms with Crippen molar-refractivity contribution in [2.45, 2.75) is 6.54 Å². The number of ether oxygens (including phenoxy) is 4. The van der Waals surface area contributed by atoms with Crippen LogP contribution in [0.1, 0.15) is 11.1 Å². The van der Waals surface area contributed by atoms with Gasteiger partial charge in [-0.2, -0.15) is 0 Å². The number of para-hydroxylation sites is 1. The number of hydrogen-bond acceptors (Lipinski definition) is 7. The molecule has 2 heterocycles. The molecular weight excluding hydrogens is 418 g/mol. The standard InChI is InChI=1S/C20H16ClNO6S/c1-25-14-5-3-4-11(18(14)26-2)7-17-19(23)22(20(24)29-17)9-12-6-15-16(8-13(12)21)28-10-27-15/h3-8H,9-10H2,1-2H3/b17-7-. The Morgan fingerprint density at radius 2 is 1.93 bits per heavy atom. The lowest BCUT2D eigenvalue weighted by atomic mass is 10.1. The van der Waals surface area contributed by atoms with Crippen LogP contribution in [0.15, 0.2) is 35.2 Å². The highest BCUT2D eigenvalue weighted by molar-refractivity contribution is 8.18. The molecule has 1 fully saturated rings. The molecule has 1 saturated heterocycles. The van der Waals surface area contributed by atoms with E-state index in [1.165, 1.54) is 14.2 Å². The van der Waals surface area contributed by atoms with E-state index in [4.69, 9.17) is 30.5 Å². The van der Waals surface area contributed by atoms with E-state index in [0.29, 0.717) is 44.1 Å². The van der Waals surface area contributed by atoms with E-state index in [0.717, 1.165) is 16.7 Å². The lowest BCUT2D eigenvalue weighted by molar-refractivity contribution is -0.123. The maximum atomic E-state index is 12.9. The van der Waals surface area contributed by atoms with E-state index in [1.807, 2.05) is 0 Å². The number of carbonyl (C=O) groups is 2. The van der Waals surface area contributed by atoms with Gasteiger partial charge in [0.2, 0.25) is 6.79 Å². The van der Waals surface area contributed by atoms with Gasteiger partial charge in [0, 0.05) is 16.7 Å². The van der Waals surface area contributed by atoms with E-state index < -0.39 is 5.91 Å². The van der Waals surface area contributed by atoms with Crippen molar-refractivity contribution in [3.63, 3.8) is 0 Å². The number of nitrogens with zero attached hydrogens (tertiary/aromatic N) is 1. The average molecular weight is 434 g/mol. The van der Waals surface area contributed by atoms with Crippen molar-refractivity contribution < 1.29 is 28.5 Å². The summed E-state index contributed by atoms with van der Waals surface area (Å²) in [6.45, 7) is 0.147. The largest absolute Gasteiger partial charge is 0.493 e. The smallest absolute Gasteiger partial charge is 0.293 e. The lowest BCUT2D eigenvalue weighted by Crippen LogP contribution is -2.27. The second kappa shape index (κ2) is 7.88. The van der Waals surface area contributed by atoms with Crippen molar-refractivity contribution in [2.75, 3.05) is 21.0 Å². The Bertz CT molecular complexity index is 1040. The predicted molar refractivity (Wildman–Crippen MR) is 109 cm³/mol. The SMILES string of the molecule is COc1cccc(/C=C2\SC(=O)N(Cc3cc4c(cc3Cl)OCO4)C2=O)c1OC. The summed E-state index contributed by atoms with van der Waals surface area (Å²) in [4.78, 5) is 26.8. The quantitative estimate of drug-likeness (QED) is 0.650. The molecular formula is C20H16ClNO6S. The van der Waals surface area contributed by atoms with Gasteiger partial charge in [-0.3, -0.25) is 14.5 Å². The minimum absolute atomic E-state index is 0.0345. The molecule has 150 valence electrons. The van der Waals surface area contributed by atoms with Crippen LogP contribution >= 0.6 is 23.4 Å². The molecule has 0 spiro atoms. The first kappa shape index (κ1) is 19.5. The molecule has 0 bridgehead atoms. The zero-order valence-electron chi connectivity index (χ0n) is 15.6. The summed E-state index contributed by atoms with van der Waals surface area (Å²) in [5, 5.41) is 0.0172. The Morgan fingerprint density at radius 1 is 1.17 bits per heavy atom. The Morgan fingerprint density at radius 3 is 2.66 bits per heavy atom. The number of benzene rings is 2. The van der Waals surface area contributed by atoms with Gasteiger partial charge in [-0.05, 0) is 35.5 Å². The van der Waals surface area contributed by atoms with Crippen LogP contribution in [0.5, 0.6) is 23.0 Å². The van der Waals surface area contributed by atoms with E-state index in [1.54, 1.807) is 36.4 Å². The van der Waals surface area contributed by atoms with Gasteiger partial charge in [-0.25, -0.2) is 0 Å². The Hall–Kier alpha value is -2.84. The second-order valence-corrected chi connectivity index (χ2v) is 7.55. The molecule has 0 N–H and O–H groups in total. The van der Waals surface area contributed by atoms with Gasteiger partial charge in [0.15, 0.2) is 23.0 Å². The van der Waals surface area contributed by atoms with Crippen LogP contribution in [0, 0.1) is 0 Å². The maximum Gasteiger partial charge on any atom is 0.293 e. The molecule has 0 radical (unpaired) electrons. The first-order valence-corrected chi connectivity index (χ1v) is 9.75. The molecule has 4 rings (SSSR count). The zero-order chi connectivity index (χ0) is 20.5. The number of methoxy groups -OCH3 is 2. The summed E-state index contributed by atoms with van der Waals surface area (Å²) >= 11 is 7.15. The fraction of sp³-hybridized carbons (Fsp3) is 0.200. The predicted octanol–water partition coefficient (Wildman–Crippen LogP) is 4.32. The van der Waals surface area contributed by atoms with Crippen LogP contribution in [0.4, 0.5) is 4.79 Å². The van der Waals surface area contributed by atoms with Crippen LogP contribution in [-0.4, -0.2) is 37.1 Å². The van der Waals surface area contributed by atoms with Crippen LogP contribution in [0.25, 0.3) is 6.08 Å². The molecule has 0 unspecified atom stereocenters. The second-order valence-electron chi connectivity index (χ2n) is 6.15. The third-order valence-corrected chi connectivity index (χ3v) is 5.72. The number of carbonyl (C=O) groups excluding carboxylic acids is 2. The van der Waals surface area contributed by atoms with Crippen molar-refractivity contribution in [1.82, 2.24) is 4.90 Å². The summed E-state index contributed by atoms with van der Waals surface area (Å²) in [7, 11) is 3.05. The fourth-order valence-corrected chi connectivity index (χ4v) is 4.10. The van der Waals surface area contributed by atoms with E-state index >= 15 is 0 Å². The normalized spacial score (nSPS) is 16.7. The maximum absolute atomic E-state index is 12.9. The van der Waals surface area contributed by atoms with E-state index in [9.17, 15) is 9.59 Å². The molecule has 2 amide bonds. The highest BCUT2D eigenvalue weighted by Crippen LogP contribution is 2.40. The molecule has 0 aliphatic carbocycles. The Balaban J connectivity index is 1.61. The first-order valence-electron chi connectivity index (χ1n) is 8.56. The monoisotopic (exact) mass is 433 g/mol. The molecule has 2 aromatic carbocycles. The summed E-state index contributed by atoms with van der Waals surface area (Å²) in [6.07, 6.45) is 1.62. The fourth-order valence-electron chi connectivity index (χ4n) is 3.05. The number of halogens is 1. The van der Waals surface area contributed by atoms with E-state index in [-0.39, 0.29) is 18.6 Å². The zero-order valence-corrected chi connectivity index (χ0v) is 17.1. The molecule has 0 saturated carbocycles. The number of amides is 2. The summed E-state index contributed by atoms with van der Waals surface area (Å²) in [5.41, 5.74) is 1.23. The minimum Gasteiger partial charge on any atom is -0.493 e. The molecule has 0 aromatic heterocycles. The molecule has 2 aromatic rings. The number of thioether (sulfide) groups is 1. The van der Waals surface area contributed by atoms with Crippen molar-refractivity contribution in [3.05, 3.63) is 51.4 Å². The summed E-state index contributed by atoms with van der Waals surface area (Å²) in [6, 6.07) is 8.62. The lowest BCUT2D eigenvalue weighted by Gasteiger charge is -2.14. The summed E-state index contributed by atoms with van der Waals surface area (Å²) < 4.78 is 21.3. The molecule has 0 atom stereocenters. The van der Waals surface area contributed by atoms with Gasteiger partial charge < -0.3 is 18.9 Å². The highest BCUT2D eigenvalue weighted by atomic mass is 35.5. The van der Waals surface area contributed by atoms with Crippen LogP contribution < -0.4 is 18.9 Å². The van der Waals surface area contributed by atoms with Crippen molar-refractivity contribution in [2.24, 2.45) is 0 Å². The molecule has 9 heteroatoms. The average Bonchev–Trinajstić information content (AvgIpc) is 3.27. The minimum atomic E-state index is -0.404. The van der Waals surface area contributed by atoms with Crippen molar-refractivity contribution in [3.8, 4) is 23.0 Å². The first-order chi connectivity index (χ1) is 14.0. The highest BCUT2D eigenvalue weighted by Gasteiger charge is 2.36. The number of rotatable bonds is 5. The van der Waals surface area contributed by atoms with Crippen LogP contribution in [0.2, 0.25) is 5.02 Å². The third kappa shape index (κ3) is 3.61. The molecule has 7 nitrogen and oxygen atoms in total. The van der Waals surface area contributed by atoms with Gasteiger partial charge in [-0.15, -0.1) is 0 Å². The Kier molecular flexibility index (Phi) is 5.29. The van der Waals surface area contributed by atoms with Gasteiger partial charge >= 0.3 is 0 Å². The van der Waals surface area contributed by atoms with Crippen molar-refractivity contribution in [1.29, 1.82) is 0 Å². The van der Waals surface area contributed by atoms with E-state index in [2.05, 4.69) is 0 Å². The van der Waals surface area contributed by atoms with Crippen LogP contribution in [0.3, 0.4) is 0 Å². The van der Waals surface area contributed by atoms with Gasteiger partial charge in [-0.1, -0.05) is 23.7 Å². The van der Waals surface area contributed by atoms with Gasteiger partial charge in [0.05, 0.1) is 25.7 Å². The number of hydrogen-bond donors (Lipinski definition) is 0. The molecule has 2 aliphatic heterocycles.